The van der Waals surface area contributed by atoms with Gasteiger partial charge in [-0.25, -0.2) is 4.39 Å². The summed E-state index contributed by atoms with van der Waals surface area (Å²) in [6.45, 7) is 0. The molecule has 0 fully saturated rings. The normalized spacial score (nSPS) is 10.4. The number of benzene rings is 1. The number of aromatic nitrogens is 2. The molecule has 2 aromatic rings. The second-order valence-corrected chi connectivity index (χ2v) is 5.12. The van der Waals surface area contributed by atoms with Crippen LogP contribution in [0.3, 0.4) is 0 Å². The Morgan fingerprint density at radius 2 is 2.05 bits per heavy atom. The van der Waals surface area contributed by atoms with Gasteiger partial charge in [-0.05, 0) is 30.7 Å². The number of carbonyl (C=O) groups is 1. The third-order valence-corrected chi connectivity index (χ3v) is 3.46. The van der Waals surface area contributed by atoms with Crippen LogP contribution >= 0.6 is 22.9 Å². The van der Waals surface area contributed by atoms with Crippen LogP contribution in [-0.4, -0.2) is 22.0 Å². The van der Waals surface area contributed by atoms with Crippen molar-refractivity contribution < 1.29 is 9.18 Å². The van der Waals surface area contributed by atoms with Crippen LogP contribution in [0.15, 0.2) is 24.3 Å². The summed E-state index contributed by atoms with van der Waals surface area (Å²) in [6.07, 6.45) is 0.978. The highest BCUT2D eigenvalue weighted by atomic mass is 35.5. The number of carbonyl (C=O) groups excluding carboxylic acids is 1. The monoisotopic (exact) mass is 299 g/mol. The molecule has 2 rings (SSSR count). The summed E-state index contributed by atoms with van der Waals surface area (Å²) in [5, 5.41) is 11.5. The third kappa shape index (κ3) is 3.97. The van der Waals surface area contributed by atoms with Crippen LogP contribution in [0.25, 0.3) is 10.6 Å². The molecule has 19 heavy (non-hydrogen) atoms. The van der Waals surface area contributed by atoms with Crippen molar-refractivity contribution in [1.82, 2.24) is 10.2 Å². The summed E-state index contributed by atoms with van der Waals surface area (Å²) >= 11 is 6.75. The Hall–Kier alpha value is -1.53. The van der Waals surface area contributed by atoms with Gasteiger partial charge >= 0.3 is 0 Å². The fourth-order valence-electron chi connectivity index (χ4n) is 1.39. The molecule has 1 amide bonds. The molecule has 1 aromatic heterocycles. The Morgan fingerprint density at radius 3 is 2.74 bits per heavy atom. The Bertz CT molecular complexity index is 558. The topological polar surface area (TPSA) is 54.9 Å². The van der Waals surface area contributed by atoms with Crippen molar-refractivity contribution in [3.63, 3.8) is 0 Å². The van der Waals surface area contributed by atoms with Gasteiger partial charge in [0, 0.05) is 17.9 Å². The van der Waals surface area contributed by atoms with Gasteiger partial charge in [0.2, 0.25) is 11.0 Å². The SMILES string of the molecule is O=C(CCCCl)Nc1nnc(-c2ccc(F)cc2)s1. The highest BCUT2D eigenvalue weighted by molar-refractivity contribution is 7.18. The standard InChI is InChI=1S/C12H11ClFN3OS/c13-7-1-2-10(18)15-12-17-16-11(19-12)8-3-5-9(14)6-4-8/h3-6H,1-2,7H2,(H,15,17,18). The maximum Gasteiger partial charge on any atom is 0.226 e. The van der Waals surface area contributed by atoms with Crippen LogP contribution in [0.1, 0.15) is 12.8 Å². The van der Waals surface area contributed by atoms with Gasteiger partial charge in [0.25, 0.3) is 0 Å². The molecule has 1 N–H and O–H groups in total. The van der Waals surface area contributed by atoms with Gasteiger partial charge in [0.15, 0.2) is 0 Å². The van der Waals surface area contributed by atoms with Gasteiger partial charge in [-0.3, -0.25) is 4.79 Å². The Morgan fingerprint density at radius 1 is 1.32 bits per heavy atom. The number of nitrogens with one attached hydrogen (secondary N) is 1. The van der Waals surface area contributed by atoms with E-state index in [2.05, 4.69) is 15.5 Å². The fraction of sp³-hybridized carbons (Fsp3) is 0.250. The lowest BCUT2D eigenvalue weighted by atomic mass is 10.2. The minimum absolute atomic E-state index is 0.137. The Labute approximate surface area is 118 Å². The van der Waals surface area contributed by atoms with Crippen LogP contribution in [0, 0.1) is 5.82 Å². The average Bonchev–Trinajstić information content (AvgIpc) is 2.85. The highest BCUT2D eigenvalue weighted by Gasteiger charge is 2.09. The van der Waals surface area contributed by atoms with Gasteiger partial charge in [0.1, 0.15) is 10.8 Å². The molecule has 7 heteroatoms. The number of halogens is 2. The van der Waals surface area contributed by atoms with Crippen LogP contribution < -0.4 is 5.32 Å². The molecule has 0 aliphatic rings. The smallest absolute Gasteiger partial charge is 0.226 e. The van der Waals surface area contributed by atoms with E-state index in [1.54, 1.807) is 12.1 Å². The van der Waals surface area contributed by atoms with Gasteiger partial charge in [-0.15, -0.1) is 21.8 Å². The van der Waals surface area contributed by atoms with Crippen molar-refractivity contribution in [2.75, 3.05) is 11.2 Å². The zero-order valence-corrected chi connectivity index (χ0v) is 11.5. The van der Waals surface area contributed by atoms with Gasteiger partial charge in [-0.2, -0.15) is 0 Å². The van der Waals surface area contributed by atoms with Crippen molar-refractivity contribution in [1.29, 1.82) is 0 Å². The lowest BCUT2D eigenvalue weighted by Gasteiger charge is -1.98. The molecule has 0 radical (unpaired) electrons. The van der Waals surface area contributed by atoms with Crippen molar-refractivity contribution in [2.45, 2.75) is 12.8 Å². The van der Waals surface area contributed by atoms with Crippen LogP contribution in [0.5, 0.6) is 0 Å². The summed E-state index contributed by atoms with van der Waals surface area (Å²) < 4.78 is 12.8. The maximum atomic E-state index is 12.8. The number of hydrogen-bond donors (Lipinski definition) is 1. The van der Waals surface area contributed by atoms with E-state index in [4.69, 9.17) is 11.6 Å². The van der Waals surface area contributed by atoms with Crippen LogP contribution in [0.2, 0.25) is 0 Å². The molecule has 0 aliphatic heterocycles. The predicted molar refractivity (Wildman–Crippen MR) is 73.9 cm³/mol. The molecular formula is C12H11ClFN3OS. The first kappa shape index (κ1) is 13.9. The predicted octanol–water partition coefficient (Wildman–Crippen LogP) is 3.30. The first-order valence-electron chi connectivity index (χ1n) is 5.64. The number of amides is 1. The molecule has 0 saturated carbocycles. The first-order valence-corrected chi connectivity index (χ1v) is 6.99. The minimum atomic E-state index is -0.303. The average molecular weight is 300 g/mol. The van der Waals surface area contributed by atoms with Crippen molar-refractivity contribution in [2.24, 2.45) is 0 Å². The fourth-order valence-corrected chi connectivity index (χ4v) is 2.29. The molecule has 0 bridgehead atoms. The summed E-state index contributed by atoms with van der Waals surface area (Å²) in [5.74, 6) is 0.00926. The number of nitrogens with zero attached hydrogens (tertiary/aromatic N) is 2. The number of rotatable bonds is 5. The van der Waals surface area contributed by atoms with Gasteiger partial charge in [0.05, 0.1) is 0 Å². The number of alkyl halides is 1. The summed E-state index contributed by atoms with van der Waals surface area (Å²) in [7, 11) is 0. The van der Waals surface area contributed by atoms with E-state index in [9.17, 15) is 9.18 Å². The molecule has 0 aliphatic carbocycles. The first-order chi connectivity index (χ1) is 9.19. The van der Waals surface area contributed by atoms with Crippen LogP contribution in [-0.2, 0) is 4.79 Å². The zero-order valence-electron chi connectivity index (χ0n) is 9.90. The second-order valence-electron chi connectivity index (χ2n) is 3.76. The maximum absolute atomic E-state index is 12.8. The molecule has 0 atom stereocenters. The van der Waals surface area contributed by atoms with E-state index in [-0.39, 0.29) is 11.7 Å². The van der Waals surface area contributed by atoms with Crippen molar-refractivity contribution >= 4 is 34.0 Å². The molecule has 0 unspecified atom stereocenters. The third-order valence-electron chi connectivity index (χ3n) is 2.30. The molecule has 0 saturated heterocycles. The van der Waals surface area contributed by atoms with Gasteiger partial charge in [-0.1, -0.05) is 11.3 Å². The molecule has 1 aromatic carbocycles. The Balaban J connectivity index is 2.02. The summed E-state index contributed by atoms with van der Waals surface area (Å²) in [6, 6.07) is 5.95. The molecule has 4 nitrogen and oxygen atoms in total. The Kier molecular flexibility index (Phi) is 4.81. The zero-order chi connectivity index (χ0) is 13.7. The second kappa shape index (κ2) is 6.58. The molecule has 0 spiro atoms. The van der Waals surface area contributed by atoms with Crippen LogP contribution in [0.4, 0.5) is 9.52 Å². The lowest BCUT2D eigenvalue weighted by Crippen LogP contribution is -2.10. The highest BCUT2D eigenvalue weighted by Crippen LogP contribution is 2.26. The largest absolute Gasteiger partial charge is 0.301 e. The van der Waals surface area contributed by atoms with E-state index in [0.717, 1.165) is 5.56 Å². The minimum Gasteiger partial charge on any atom is -0.301 e. The van der Waals surface area contributed by atoms with Gasteiger partial charge < -0.3 is 5.32 Å². The quantitative estimate of drug-likeness (QED) is 0.862. The number of hydrogen-bond acceptors (Lipinski definition) is 4. The van der Waals surface area contributed by atoms with Crippen molar-refractivity contribution in [3.05, 3.63) is 30.1 Å². The van der Waals surface area contributed by atoms with E-state index < -0.39 is 0 Å². The van der Waals surface area contributed by atoms with E-state index >= 15 is 0 Å². The number of anilines is 1. The summed E-state index contributed by atoms with van der Waals surface area (Å²) in [5.41, 5.74) is 0.764. The molecular weight excluding hydrogens is 289 g/mol. The molecule has 1 heterocycles. The summed E-state index contributed by atoms with van der Waals surface area (Å²) in [4.78, 5) is 11.5. The molecule has 100 valence electrons. The van der Waals surface area contributed by atoms with E-state index in [0.29, 0.717) is 28.9 Å². The lowest BCUT2D eigenvalue weighted by molar-refractivity contribution is -0.116. The van der Waals surface area contributed by atoms with E-state index in [1.165, 1.54) is 23.5 Å². The van der Waals surface area contributed by atoms with E-state index in [1.807, 2.05) is 0 Å². The van der Waals surface area contributed by atoms with Crippen molar-refractivity contribution in [3.8, 4) is 10.6 Å².